The molecule has 3 rings (SSSR count). The van der Waals surface area contributed by atoms with Crippen molar-refractivity contribution in [2.24, 2.45) is 11.0 Å². The van der Waals surface area contributed by atoms with Crippen LogP contribution in [-0.2, 0) is 14.4 Å². The number of halogens is 1. The van der Waals surface area contributed by atoms with Gasteiger partial charge in [-0.25, -0.2) is 5.43 Å². The van der Waals surface area contributed by atoms with Crippen molar-refractivity contribution in [3.05, 3.63) is 57.2 Å². The Morgan fingerprint density at radius 2 is 1.87 bits per heavy atom. The topological polar surface area (TPSA) is 137 Å². The molecule has 4 N–H and O–H groups in total. The van der Waals surface area contributed by atoms with Gasteiger partial charge in [-0.05, 0) is 65.1 Å². The van der Waals surface area contributed by atoms with Gasteiger partial charge in [-0.3, -0.25) is 19.2 Å². The van der Waals surface area contributed by atoms with Crippen molar-refractivity contribution in [2.45, 2.75) is 13.3 Å². The SMILES string of the molecule is CC(CC(=O)Nc1ccc(C(=O)NN=C2C(=O)Nc3ccc(I)cc32)cc1)C(=O)O. The molecule has 9 nitrogen and oxygen atoms in total. The zero-order valence-electron chi connectivity index (χ0n) is 15.7. The molecule has 1 aliphatic heterocycles. The van der Waals surface area contributed by atoms with Crippen LogP contribution in [0.3, 0.4) is 0 Å². The van der Waals surface area contributed by atoms with Crippen LogP contribution in [-0.4, -0.2) is 34.5 Å². The molecule has 0 aliphatic carbocycles. The Morgan fingerprint density at radius 3 is 2.53 bits per heavy atom. The smallest absolute Gasteiger partial charge is 0.306 e. The first-order chi connectivity index (χ1) is 14.2. The van der Waals surface area contributed by atoms with E-state index in [0.717, 1.165) is 3.57 Å². The van der Waals surface area contributed by atoms with Crippen LogP contribution in [0.2, 0.25) is 0 Å². The number of carbonyl (C=O) groups is 4. The van der Waals surface area contributed by atoms with Crippen molar-refractivity contribution in [3.8, 4) is 0 Å². The van der Waals surface area contributed by atoms with Gasteiger partial charge in [-0.2, -0.15) is 5.10 Å². The zero-order valence-corrected chi connectivity index (χ0v) is 17.9. The summed E-state index contributed by atoms with van der Waals surface area (Å²) in [4.78, 5) is 47.1. The summed E-state index contributed by atoms with van der Waals surface area (Å²) >= 11 is 2.12. The number of carboxylic acid groups (broad SMARTS) is 1. The molecule has 0 bridgehead atoms. The maximum atomic E-state index is 12.3. The highest BCUT2D eigenvalue weighted by atomic mass is 127. The van der Waals surface area contributed by atoms with Gasteiger partial charge in [-0.15, -0.1) is 0 Å². The van der Waals surface area contributed by atoms with E-state index in [1.54, 1.807) is 12.1 Å². The van der Waals surface area contributed by atoms with E-state index >= 15 is 0 Å². The van der Waals surface area contributed by atoms with Crippen LogP contribution in [0.5, 0.6) is 0 Å². The summed E-state index contributed by atoms with van der Waals surface area (Å²) in [6.07, 6.45) is -0.155. The van der Waals surface area contributed by atoms with Crippen LogP contribution >= 0.6 is 22.6 Å². The van der Waals surface area contributed by atoms with Crippen LogP contribution in [0, 0.1) is 9.49 Å². The number of fused-ring (bicyclic) bond motifs is 1. The molecule has 1 aliphatic rings. The van der Waals surface area contributed by atoms with Crippen LogP contribution < -0.4 is 16.1 Å². The Hall–Kier alpha value is -3.28. The van der Waals surface area contributed by atoms with Gasteiger partial charge in [0.05, 0.1) is 11.6 Å². The molecule has 0 radical (unpaired) electrons. The summed E-state index contributed by atoms with van der Waals surface area (Å²) in [5.41, 5.74) is 4.43. The zero-order chi connectivity index (χ0) is 21.8. The number of hydrogen-bond acceptors (Lipinski definition) is 5. The summed E-state index contributed by atoms with van der Waals surface area (Å²) in [5.74, 6) is -3.20. The molecule has 2 aromatic rings. The van der Waals surface area contributed by atoms with Gasteiger partial charge in [0, 0.05) is 26.8 Å². The van der Waals surface area contributed by atoms with Crippen molar-refractivity contribution in [2.75, 3.05) is 10.6 Å². The number of carboxylic acids is 1. The predicted molar refractivity (Wildman–Crippen MR) is 118 cm³/mol. The summed E-state index contributed by atoms with van der Waals surface area (Å²) < 4.78 is 0.928. The minimum Gasteiger partial charge on any atom is -0.481 e. The molecule has 0 saturated heterocycles. The van der Waals surface area contributed by atoms with Crippen molar-refractivity contribution < 1.29 is 24.3 Å². The molecule has 1 unspecified atom stereocenters. The highest BCUT2D eigenvalue weighted by Gasteiger charge is 2.26. The van der Waals surface area contributed by atoms with Crippen molar-refractivity contribution in [1.29, 1.82) is 0 Å². The average molecular weight is 520 g/mol. The van der Waals surface area contributed by atoms with Gasteiger partial charge in [0.15, 0.2) is 5.71 Å². The standard InChI is InChI=1S/C20H17IN4O5/c1-10(20(29)30)8-16(26)22-13-5-2-11(3-6-13)18(27)25-24-17-14-9-12(21)4-7-15(14)23-19(17)28/h2-7,9-10H,8H2,1H3,(H,22,26)(H,25,27)(H,29,30)(H,23,24,28). The molecule has 3 amide bonds. The summed E-state index contributed by atoms with van der Waals surface area (Å²) in [6.45, 7) is 1.45. The first-order valence-corrected chi connectivity index (χ1v) is 9.94. The lowest BCUT2D eigenvalue weighted by Crippen LogP contribution is -2.23. The Labute approximate surface area is 185 Å². The fourth-order valence-electron chi connectivity index (χ4n) is 2.69. The number of hydrogen-bond donors (Lipinski definition) is 4. The number of rotatable bonds is 6. The van der Waals surface area contributed by atoms with Crippen LogP contribution in [0.15, 0.2) is 47.6 Å². The third-order valence-corrected chi connectivity index (χ3v) is 4.98. The quantitative estimate of drug-likeness (QED) is 0.343. The molecule has 1 atom stereocenters. The molecule has 10 heteroatoms. The number of carbonyl (C=O) groups excluding carboxylic acids is 3. The average Bonchev–Trinajstić information content (AvgIpc) is 3.00. The molecule has 30 heavy (non-hydrogen) atoms. The largest absolute Gasteiger partial charge is 0.481 e. The molecule has 0 aromatic heterocycles. The van der Waals surface area contributed by atoms with E-state index in [1.165, 1.54) is 31.2 Å². The highest BCUT2D eigenvalue weighted by molar-refractivity contribution is 14.1. The third kappa shape index (κ3) is 5.00. The maximum absolute atomic E-state index is 12.3. The first-order valence-electron chi connectivity index (χ1n) is 8.86. The normalized spacial score (nSPS) is 14.6. The Bertz CT molecular complexity index is 1070. The van der Waals surface area contributed by atoms with E-state index < -0.39 is 29.6 Å². The van der Waals surface area contributed by atoms with E-state index in [1.807, 2.05) is 6.07 Å². The second-order valence-corrected chi connectivity index (χ2v) is 7.86. The minimum absolute atomic E-state index is 0.119. The number of nitrogens with zero attached hydrogens (tertiary/aromatic N) is 1. The second-order valence-electron chi connectivity index (χ2n) is 6.61. The van der Waals surface area contributed by atoms with E-state index in [9.17, 15) is 19.2 Å². The Morgan fingerprint density at radius 1 is 1.17 bits per heavy atom. The van der Waals surface area contributed by atoms with Crippen LogP contribution in [0.1, 0.15) is 29.3 Å². The lowest BCUT2D eigenvalue weighted by Gasteiger charge is -2.08. The van der Waals surface area contributed by atoms with Gasteiger partial charge >= 0.3 is 5.97 Å². The van der Waals surface area contributed by atoms with E-state index in [4.69, 9.17) is 5.11 Å². The second kappa shape index (κ2) is 9.03. The van der Waals surface area contributed by atoms with E-state index in [0.29, 0.717) is 16.9 Å². The third-order valence-electron chi connectivity index (χ3n) is 4.31. The molecule has 0 fully saturated rings. The predicted octanol–water partition coefficient (Wildman–Crippen LogP) is 2.43. The number of aliphatic carboxylic acids is 1. The fourth-order valence-corrected chi connectivity index (χ4v) is 3.18. The molecule has 1 heterocycles. The van der Waals surface area contributed by atoms with Gasteiger partial charge in [0.25, 0.3) is 11.8 Å². The lowest BCUT2D eigenvalue weighted by atomic mass is 10.1. The maximum Gasteiger partial charge on any atom is 0.306 e. The van der Waals surface area contributed by atoms with Crippen molar-refractivity contribution in [3.63, 3.8) is 0 Å². The number of hydrazone groups is 1. The summed E-state index contributed by atoms with van der Waals surface area (Å²) in [7, 11) is 0. The van der Waals surface area contributed by atoms with Gasteiger partial charge < -0.3 is 15.7 Å². The van der Waals surface area contributed by atoms with Gasteiger partial charge in [-0.1, -0.05) is 6.92 Å². The number of amides is 3. The number of nitrogens with one attached hydrogen (secondary N) is 3. The van der Waals surface area contributed by atoms with Crippen molar-refractivity contribution in [1.82, 2.24) is 5.43 Å². The van der Waals surface area contributed by atoms with Gasteiger partial charge in [0.2, 0.25) is 5.91 Å². The van der Waals surface area contributed by atoms with Gasteiger partial charge in [0.1, 0.15) is 0 Å². The Kier molecular flexibility index (Phi) is 6.45. The molecule has 0 saturated carbocycles. The molecular formula is C20H17IN4O5. The summed E-state index contributed by atoms with van der Waals surface area (Å²) in [6, 6.07) is 11.4. The minimum atomic E-state index is -1.05. The Balaban J connectivity index is 1.64. The number of anilines is 2. The summed E-state index contributed by atoms with van der Waals surface area (Å²) in [5, 5.41) is 18.1. The first kappa shape index (κ1) is 21.4. The highest BCUT2D eigenvalue weighted by Crippen LogP contribution is 2.25. The molecule has 0 spiro atoms. The van der Waals surface area contributed by atoms with Crippen molar-refractivity contribution >= 4 is 63.4 Å². The van der Waals surface area contributed by atoms with Crippen LogP contribution in [0.25, 0.3) is 0 Å². The lowest BCUT2D eigenvalue weighted by molar-refractivity contribution is -0.142. The van der Waals surface area contributed by atoms with E-state index in [-0.39, 0.29) is 17.7 Å². The monoisotopic (exact) mass is 520 g/mol. The molecule has 154 valence electrons. The molecule has 2 aromatic carbocycles. The molecular weight excluding hydrogens is 503 g/mol. The van der Waals surface area contributed by atoms with Crippen LogP contribution in [0.4, 0.5) is 11.4 Å². The number of benzene rings is 2. The van der Waals surface area contributed by atoms with E-state index in [2.05, 4.69) is 43.8 Å². The fraction of sp³-hybridized carbons (Fsp3) is 0.150.